The highest BCUT2D eigenvalue weighted by molar-refractivity contribution is 5.73. The first-order chi connectivity index (χ1) is 12.7. The minimum atomic E-state index is -0.993. The van der Waals surface area contributed by atoms with Crippen LogP contribution in [0.2, 0.25) is 0 Å². The van der Waals surface area contributed by atoms with Gasteiger partial charge in [-0.2, -0.15) is 0 Å². The first kappa shape index (κ1) is 17.5. The van der Waals surface area contributed by atoms with E-state index in [1.54, 1.807) is 19.2 Å². The summed E-state index contributed by atoms with van der Waals surface area (Å²) in [7, 11) is 1.59. The molecule has 0 aromatic heterocycles. The van der Waals surface area contributed by atoms with Crippen LogP contribution >= 0.6 is 0 Å². The summed E-state index contributed by atoms with van der Waals surface area (Å²) in [6.07, 6.45) is -0.675. The highest BCUT2D eigenvalue weighted by atomic mass is 16.5. The van der Waals surface area contributed by atoms with Crippen LogP contribution in [0.1, 0.15) is 5.56 Å². The molecule has 0 spiro atoms. The zero-order valence-corrected chi connectivity index (χ0v) is 14.5. The summed E-state index contributed by atoms with van der Waals surface area (Å²) < 4.78 is 10.8. The van der Waals surface area contributed by atoms with E-state index in [0.29, 0.717) is 5.75 Å². The van der Waals surface area contributed by atoms with E-state index in [1.165, 1.54) is 0 Å². The van der Waals surface area contributed by atoms with Gasteiger partial charge in [0.05, 0.1) is 7.11 Å². The van der Waals surface area contributed by atoms with Crippen LogP contribution in [-0.4, -0.2) is 24.3 Å². The molecule has 4 heteroatoms. The van der Waals surface area contributed by atoms with Gasteiger partial charge in [0.1, 0.15) is 11.5 Å². The Morgan fingerprint density at radius 3 is 2.00 bits per heavy atom. The SMILES string of the molecule is COc1ccc(CC(Oc2ccc(-c3ccccc3)cc2)C(=O)O)cc1. The van der Waals surface area contributed by atoms with Crippen molar-refractivity contribution in [3.8, 4) is 22.6 Å². The van der Waals surface area contributed by atoms with Gasteiger partial charge in [0, 0.05) is 6.42 Å². The predicted molar refractivity (Wildman–Crippen MR) is 101 cm³/mol. The van der Waals surface area contributed by atoms with E-state index in [0.717, 1.165) is 22.4 Å². The Bertz CT molecular complexity index is 840. The Kier molecular flexibility index (Phi) is 5.54. The van der Waals surface area contributed by atoms with E-state index in [-0.39, 0.29) is 6.42 Å². The van der Waals surface area contributed by atoms with Gasteiger partial charge >= 0.3 is 5.97 Å². The largest absolute Gasteiger partial charge is 0.497 e. The van der Waals surface area contributed by atoms with Crippen LogP contribution in [0.5, 0.6) is 11.5 Å². The smallest absolute Gasteiger partial charge is 0.345 e. The molecule has 1 N–H and O–H groups in total. The molecule has 0 bridgehead atoms. The van der Waals surface area contributed by atoms with Crippen LogP contribution in [0.4, 0.5) is 0 Å². The lowest BCUT2D eigenvalue weighted by atomic mass is 10.1. The third-order valence-electron chi connectivity index (χ3n) is 4.10. The lowest BCUT2D eigenvalue weighted by Crippen LogP contribution is -2.29. The number of aliphatic carboxylic acids is 1. The van der Waals surface area contributed by atoms with Gasteiger partial charge < -0.3 is 14.6 Å². The Morgan fingerprint density at radius 2 is 1.42 bits per heavy atom. The predicted octanol–water partition coefficient (Wildman–Crippen LogP) is 4.44. The third-order valence-corrected chi connectivity index (χ3v) is 4.10. The van der Waals surface area contributed by atoms with E-state index in [1.807, 2.05) is 66.7 Å². The average molecular weight is 348 g/mol. The van der Waals surface area contributed by atoms with Gasteiger partial charge in [0.2, 0.25) is 0 Å². The van der Waals surface area contributed by atoms with Gasteiger partial charge in [-0.3, -0.25) is 0 Å². The van der Waals surface area contributed by atoms with Gasteiger partial charge in [-0.1, -0.05) is 54.6 Å². The summed E-state index contributed by atoms with van der Waals surface area (Å²) >= 11 is 0. The normalized spacial score (nSPS) is 11.6. The fourth-order valence-corrected chi connectivity index (χ4v) is 2.68. The number of rotatable bonds is 7. The van der Waals surface area contributed by atoms with Crippen LogP contribution in [0.25, 0.3) is 11.1 Å². The van der Waals surface area contributed by atoms with Crippen molar-refractivity contribution in [3.63, 3.8) is 0 Å². The first-order valence-electron chi connectivity index (χ1n) is 8.33. The molecule has 1 unspecified atom stereocenters. The van der Waals surface area contributed by atoms with Crippen molar-refractivity contribution < 1.29 is 19.4 Å². The second kappa shape index (κ2) is 8.21. The summed E-state index contributed by atoms with van der Waals surface area (Å²) in [5, 5.41) is 9.48. The van der Waals surface area contributed by atoms with Crippen molar-refractivity contribution in [1.29, 1.82) is 0 Å². The standard InChI is InChI=1S/C22H20O4/c1-25-19-11-7-16(8-12-19)15-21(22(23)24)26-20-13-9-18(10-14-20)17-5-3-2-4-6-17/h2-14,21H,15H2,1H3,(H,23,24). The van der Waals surface area contributed by atoms with Crippen LogP contribution in [0.15, 0.2) is 78.9 Å². The zero-order valence-electron chi connectivity index (χ0n) is 14.5. The third kappa shape index (κ3) is 4.42. The first-order valence-corrected chi connectivity index (χ1v) is 8.33. The minimum Gasteiger partial charge on any atom is -0.497 e. The number of hydrogen-bond acceptors (Lipinski definition) is 3. The molecule has 3 rings (SSSR count). The molecular formula is C22H20O4. The lowest BCUT2D eigenvalue weighted by Gasteiger charge is -2.16. The van der Waals surface area contributed by atoms with E-state index < -0.39 is 12.1 Å². The molecule has 0 fully saturated rings. The van der Waals surface area contributed by atoms with Crippen molar-refractivity contribution >= 4 is 5.97 Å². The quantitative estimate of drug-likeness (QED) is 0.686. The van der Waals surface area contributed by atoms with Crippen LogP contribution in [0.3, 0.4) is 0 Å². The van der Waals surface area contributed by atoms with Crippen molar-refractivity contribution in [3.05, 3.63) is 84.4 Å². The number of hydrogen-bond donors (Lipinski definition) is 1. The molecule has 132 valence electrons. The number of carboxylic acids is 1. The van der Waals surface area contributed by atoms with Gasteiger partial charge in [0.25, 0.3) is 0 Å². The molecule has 0 aliphatic carbocycles. The molecule has 26 heavy (non-hydrogen) atoms. The van der Waals surface area contributed by atoms with E-state index in [9.17, 15) is 9.90 Å². The molecular weight excluding hydrogens is 328 g/mol. The fraction of sp³-hybridized carbons (Fsp3) is 0.136. The molecule has 1 atom stereocenters. The van der Waals surface area contributed by atoms with Crippen molar-refractivity contribution in [2.75, 3.05) is 7.11 Å². The summed E-state index contributed by atoms with van der Waals surface area (Å²) in [5.74, 6) is 0.275. The van der Waals surface area contributed by atoms with Crippen LogP contribution in [0, 0.1) is 0 Å². The summed E-state index contributed by atoms with van der Waals surface area (Å²) in [5.41, 5.74) is 3.03. The lowest BCUT2D eigenvalue weighted by molar-refractivity contribution is -0.145. The minimum absolute atomic E-state index is 0.278. The fourth-order valence-electron chi connectivity index (χ4n) is 2.68. The topological polar surface area (TPSA) is 55.8 Å². The average Bonchev–Trinajstić information content (AvgIpc) is 2.69. The Labute approximate surface area is 152 Å². The Hall–Kier alpha value is -3.27. The van der Waals surface area contributed by atoms with Crippen molar-refractivity contribution in [1.82, 2.24) is 0 Å². The maximum absolute atomic E-state index is 11.6. The second-order valence-electron chi connectivity index (χ2n) is 5.89. The van der Waals surface area contributed by atoms with E-state index in [2.05, 4.69) is 0 Å². The van der Waals surface area contributed by atoms with E-state index in [4.69, 9.17) is 9.47 Å². The summed E-state index contributed by atoms with van der Waals surface area (Å²) in [4.78, 5) is 11.6. The maximum atomic E-state index is 11.6. The number of carbonyl (C=O) groups is 1. The Morgan fingerprint density at radius 1 is 0.846 bits per heavy atom. The zero-order chi connectivity index (χ0) is 18.4. The van der Waals surface area contributed by atoms with Crippen molar-refractivity contribution in [2.24, 2.45) is 0 Å². The molecule has 0 radical (unpaired) electrons. The molecule has 4 nitrogen and oxygen atoms in total. The number of carboxylic acid groups (broad SMARTS) is 1. The molecule has 0 aliphatic rings. The van der Waals surface area contributed by atoms with Crippen molar-refractivity contribution in [2.45, 2.75) is 12.5 Å². The highest BCUT2D eigenvalue weighted by Gasteiger charge is 2.20. The number of benzene rings is 3. The molecule has 0 saturated heterocycles. The molecule has 3 aromatic carbocycles. The van der Waals surface area contributed by atoms with E-state index >= 15 is 0 Å². The number of ether oxygens (including phenoxy) is 2. The summed E-state index contributed by atoms with van der Waals surface area (Å²) in [6.45, 7) is 0. The van der Waals surface area contributed by atoms with Gasteiger partial charge in [-0.25, -0.2) is 4.79 Å². The van der Waals surface area contributed by atoms with Crippen LogP contribution < -0.4 is 9.47 Å². The molecule has 0 amide bonds. The molecule has 0 heterocycles. The highest BCUT2D eigenvalue weighted by Crippen LogP contribution is 2.23. The Balaban J connectivity index is 1.70. The number of methoxy groups -OCH3 is 1. The maximum Gasteiger partial charge on any atom is 0.345 e. The van der Waals surface area contributed by atoms with Gasteiger partial charge in [-0.05, 0) is 41.0 Å². The summed E-state index contributed by atoms with van der Waals surface area (Å²) in [6, 6.07) is 24.7. The van der Waals surface area contributed by atoms with Crippen LogP contribution in [-0.2, 0) is 11.2 Å². The molecule has 0 saturated carbocycles. The second-order valence-corrected chi connectivity index (χ2v) is 5.89. The molecule has 3 aromatic rings. The van der Waals surface area contributed by atoms with Gasteiger partial charge in [0.15, 0.2) is 6.10 Å². The van der Waals surface area contributed by atoms with Gasteiger partial charge in [-0.15, -0.1) is 0 Å². The monoisotopic (exact) mass is 348 g/mol. The molecule has 0 aliphatic heterocycles.